The summed E-state index contributed by atoms with van der Waals surface area (Å²) in [6.07, 6.45) is 0.686. The van der Waals surface area contributed by atoms with Crippen molar-refractivity contribution in [2.75, 3.05) is 0 Å². The average Bonchev–Trinajstić information content (AvgIpc) is 3.02. The Kier molecular flexibility index (Phi) is 5.86. The summed E-state index contributed by atoms with van der Waals surface area (Å²) in [5.41, 5.74) is 2.89. The van der Waals surface area contributed by atoms with Gasteiger partial charge in [-0.15, -0.1) is 11.3 Å². The van der Waals surface area contributed by atoms with Gasteiger partial charge in [-0.2, -0.15) is 5.10 Å². The van der Waals surface area contributed by atoms with Gasteiger partial charge in [0.05, 0.1) is 11.4 Å². The lowest BCUT2D eigenvalue weighted by Gasteiger charge is -2.09. The fraction of sp³-hybridized carbons (Fsp3) is 0.238. The lowest BCUT2D eigenvalue weighted by molar-refractivity contribution is 0.475. The molecule has 0 unspecified atom stereocenters. The van der Waals surface area contributed by atoms with Crippen LogP contribution in [0.4, 0.5) is 4.39 Å². The van der Waals surface area contributed by atoms with E-state index >= 15 is 0 Å². The van der Waals surface area contributed by atoms with E-state index < -0.39 is 0 Å². The van der Waals surface area contributed by atoms with E-state index in [9.17, 15) is 9.50 Å². The lowest BCUT2D eigenvalue weighted by Crippen LogP contribution is -2.17. The molecular weight excluding hydrogens is 361 g/mol. The third kappa shape index (κ3) is 4.34. The van der Waals surface area contributed by atoms with Gasteiger partial charge in [0.1, 0.15) is 11.6 Å². The van der Waals surface area contributed by atoms with Crippen molar-refractivity contribution in [1.82, 2.24) is 4.68 Å². The van der Waals surface area contributed by atoms with Gasteiger partial charge in [0.25, 0.3) is 0 Å². The summed E-state index contributed by atoms with van der Waals surface area (Å²) in [4.78, 5) is 5.36. The molecule has 0 fully saturated rings. The predicted octanol–water partition coefficient (Wildman–Crippen LogP) is 5.03. The number of thiazole rings is 1. The second-order valence-electron chi connectivity index (χ2n) is 6.37. The highest BCUT2D eigenvalue weighted by Gasteiger charge is 2.13. The largest absolute Gasteiger partial charge is 0.508 e. The molecule has 0 saturated carbocycles. The Labute approximate surface area is 162 Å². The van der Waals surface area contributed by atoms with Gasteiger partial charge in [-0.1, -0.05) is 19.1 Å². The average molecular weight is 383 g/mol. The number of nitrogens with zero attached hydrogens (tertiary/aromatic N) is 3. The monoisotopic (exact) mass is 383 g/mol. The number of hydrogen-bond acceptors (Lipinski definition) is 4. The van der Waals surface area contributed by atoms with Gasteiger partial charge in [-0.3, -0.25) is 4.99 Å². The lowest BCUT2D eigenvalue weighted by atomic mass is 10.1. The van der Waals surface area contributed by atoms with Crippen molar-refractivity contribution in [2.24, 2.45) is 10.1 Å². The maximum Gasteiger partial charge on any atom is 0.206 e. The zero-order valence-corrected chi connectivity index (χ0v) is 16.4. The first-order chi connectivity index (χ1) is 13.0. The molecule has 0 aliphatic heterocycles. The first-order valence-corrected chi connectivity index (χ1v) is 9.74. The van der Waals surface area contributed by atoms with Gasteiger partial charge < -0.3 is 5.11 Å². The van der Waals surface area contributed by atoms with E-state index in [0.717, 1.165) is 11.3 Å². The molecule has 1 aromatic heterocycles. The summed E-state index contributed by atoms with van der Waals surface area (Å²) < 4.78 is 16.1. The predicted molar refractivity (Wildman–Crippen MR) is 109 cm³/mol. The second kappa shape index (κ2) is 8.31. The molecule has 3 rings (SSSR count). The van der Waals surface area contributed by atoms with E-state index in [0.29, 0.717) is 22.5 Å². The van der Waals surface area contributed by atoms with Crippen molar-refractivity contribution in [2.45, 2.75) is 33.2 Å². The van der Waals surface area contributed by atoms with Crippen LogP contribution in [0, 0.1) is 5.82 Å². The molecule has 6 heteroatoms. The molecule has 140 valence electrons. The number of phenols is 1. The third-order valence-corrected chi connectivity index (χ3v) is 4.79. The molecule has 0 aliphatic rings. The fourth-order valence-corrected chi connectivity index (χ4v) is 3.62. The summed E-state index contributed by atoms with van der Waals surface area (Å²) in [7, 11) is 0. The molecule has 0 spiro atoms. The zero-order valence-electron chi connectivity index (χ0n) is 15.6. The number of phenolic OH excluding ortho intramolecular Hbond substituents is 1. The zero-order chi connectivity index (χ0) is 19.4. The topological polar surface area (TPSA) is 49.9 Å². The van der Waals surface area contributed by atoms with E-state index in [-0.39, 0.29) is 17.6 Å². The van der Waals surface area contributed by atoms with Gasteiger partial charge in [-0.25, -0.2) is 9.07 Å². The molecule has 0 saturated heterocycles. The van der Waals surface area contributed by atoms with E-state index in [1.807, 2.05) is 44.4 Å². The van der Waals surface area contributed by atoms with Crippen molar-refractivity contribution < 1.29 is 9.50 Å². The summed E-state index contributed by atoms with van der Waals surface area (Å²) >= 11 is 1.44. The molecule has 2 aromatic carbocycles. The quantitative estimate of drug-likeness (QED) is 0.617. The number of aromatic nitrogens is 1. The van der Waals surface area contributed by atoms with Crippen LogP contribution in [0.3, 0.4) is 0 Å². The number of benzene rings is 2. The number of hydrogen-bond donors (Lipinski definition) is 1. The van der Waals surface area contributed by atoms with Crippen LogP contribution in [-0.4, -0.2) is 21.5 Å². The van der Waals surface area contributed by atoms with E-state index in [4.69, 9.17) is 5.10 Å². The number of rotatable bonds is 5. The molecule has 0 amide bonds. The second-order valence-corrected chi connectivity index (χ2v) is 7.20. The number of aromatic hydroxyl groups is 1. The Balaban J connectivity index is 2.21. The van der Waals surface area contributed by atoms with Gasteiger partial charge >= 0.3 is 0 Å². The maximum absolute atomic E-state index is 14.4. The Hall–Kier alpha value is -2.73. The van der Waals surface area contributed by atoms with Crippen LogP contribution in [0.5, 0.6) is 5.75 Å². The van der Waals surface area contributed by atoms with E-state index in [1.54, 1.807) is 28.9 Å². The minimum atomic E-state index is -0.293. The molecule has 0 bridgehead atoms. The first-order valence-electron chi connectivity index (χ1n) is 8.86. The van der Waals surface area contributed by atoms with Crippen molar-refractivity contribution in [3.63, 3.8) is 0 Å². The summed E-state index contributed by atoms with van der Waals surface area (Å²) in [6.45, 7) is 6.01. The van der Waals surface area contributed by atoms with Crippen LogP contribution in [0.25, 0.3) is 11.3 Å². The normalized spacial score (nSPS) is 12.8. The number of halogens is 1. The highest BCUT2D eigenvalue weighted by Crippen LogP contribution is 2.24. The molecule has 1 heterocycles. The molecular formula is C21H22FN3OS. The van der Waals surface area contributed by atoms with Crippen LogP contribution in [0.2, 0.25) is 0 Å². The van der Waals surface area contributed by atoms with Gasteiger partial charge in [0.2, 0.25) is 4.80 Å². The summed E-state index contributed by atoms with van der Waals surface area (Å²) in [5, 5.41) is 16.2. The SMILES string of the molecule is CCC(=Nn1c(-c2ccccc2F)csc1=NC(C)C)c1ccc(O)cc1. The maximum atomic E-state index is 14.4. The Morgan fingerprint density at radius 3 is 2.48 bits per heavy atom. The van der Waals surface area contributed by atoms with Crippen LogP contribution < -0.4 is 4.80 Å². The molecule has 1 N–H and O–H groups in total. The minimum Gasteiger partial charge on any atom is -0.508 e. The van der Waals surface area contributed by atoms with Crippen LogP contribution >= 0.6 is 11.3 Å². The molecule has 0 aliphatic carbocycles. The van der Waals surface area contributed by atoms with Crippen LogP contribution in [0.15, 0.2) is 64.0 Å². The Morgan fingerprint density at radius 2 is 1.85 bits per heavy atom. The first kappa shape index (κ1) is 19.0. The van der Waals surface area contributed by atoms with Crippen molar-refractivity contribution in [3.8, 4) is 17.0 Å². The smallest absolute Gasteiger partial charge is 0.206 e. The van der Waals surface area contributed by atoms with Gasteiger partial charge in [0.15, 0.2) is 0 Å². The summed E-state index contributed by atoms with van der Waals surface area (Å²) in [6, 6.07) is 13.7. The van der Waals surface area contributed by atoms with Crippen molar-refractivity contribution in [3.05, 3.63) is 70.1 Å². The Bertz CT molecular complexity index is 1020. The van der Waals surface area contributed by atoms with Gasteiger partial charge in [-0.05, 0) is 62.2 Å². The van der Waals surface area contributed by atoms with Crippen molar-refractivity contribution >= 4 is 17.0 Å². The molecule has 27 heavy (non-hydrogen) atoms. The van der Waals surface area contributed by atoms with Crippen molar-refractivity contribution in [1.29, 1.82) is 0 Å². The molecule has 0 radical (unpaired) electrons. The van der Waals surface area contributed by atoms with Crippen LogP contribution in [0.1, 0.15) is 32.8 Å². The summed E-state index contributed by atoms with van der Waals surface area (Å²) in [5.74, 6) is -0.0852. The Morgan fingerprint density at radius 1 is 1.15 bits per heavy atom. The minimum absolute atomic E-state index is 0.0947. The molecule has 0 atom stereocenters. The molecule has 3 aromatic rings. The van der Waals surface area contributed by atoms with E-state index in [2.05, 4.69) is 4.99 Å². The van der Waals surface area contributed by atoms with Gasteiger partial charge in [0, 0.05) is 17.0 Å². The highest BCUT2D eigenvalue weighted by molar-refractivity contribution is 7.07. The van der Waals surface area contributed by atoms with Crippen LogP contribution in [-0.2, 0) is 0 Å². The third-order valence-electron chi connectivity index (χ3n) is 3.96. The highest BCUT2D eigenvalue weighted by atomic mass is 32.1. The standard InChI is InChI=1S/C21H22FN3OS/c1-4-19(15-9-11-16(26)12-10-15)24-25-20(13-27-21(25)23-14(2)3)17-7-5-6-8-18(17)22/h5-14,26H,4H2,1-3H3. The van der Waals surface area contributed by atoms with E-state index in [1.165, 1.54) is 17.4 Å². The molecule has 4 nitrogen and oxygen atoms in total. The fourth-order valence-electron chi connectivity index (χ4n) is 2.67.